The fraction of sp³-hybridized carbons (Fsp3) is 0.304. The number of hydrogen-bond acceptors (Lipinski definition) is 5. The lowest BCUT2D eigenvalue weighted by Gasteiger charge is -2.22. The van der Waals surface area contributed by atoms with Gasteiger partial charge >= 0.3 is 5.97 Å². The van der Waals surface area contributed by atoms with Crippen molar-refractivity contribution in [1.29, 1.82) is 0 Å². The molecule has 3 aromatic rings. The molecule has 1 aromatic heterocycles. The predicted molar refractivity (Wildman–Crippen MR) is 127 cm³/mol. The van der Waals surface area contributed by atoms with Gasteiger partial charge < -0.3 is 9.84 Å². The van der Waals surface area contributed by atoms with Gasteiger partial charge in [-0.3, -0.25) is 4.79 Å². The maximum atomic E-state index is 13.2. The van der Waals surface area contributed by atoms with Crippen molar-refractivity contribution < 1.29 is 14.6 Å². The number of halogens is 1. The zero-order valence-corrected chi connectivity index (χ0v) is 19.0. The van der Waals surface area contributed by atoms with Gasteiger partial charge in [0.05, 0.1) is 20.7 Å². The first kappa shape index (κ1) is 21.5. The Morgan fingerprint density at radius 2 is 2.00 bits per heavy atom. The molecule has 0 amide bonds. The van der Waals surface area contributed by atoms with Gasteiger partial charge in [-0.1, -0.05) is 31.4 Å². The van der Waals surface area contributed by atoms with Gasteiger partial charge in [0.25, 0.3) is 5.56 Å². The van der Waals surface area contributed by atoms with E-state index < -0.39 is 12.6 Å². The molecule has 0 unspecified atom stereocenters. The molecule has 1 fully saturated rings. The van der Waals surface area contributed by atoms with Crippen LogP contribution in [0.5, 0.6) is 5.75 Å². The van der Waals surface area contributed by atoms with Gasteiger partial charge in [0.15, 0.2) is 6.61 Å². The largest absolute Gasteiger partial charge is 0.481 e. The van der Waals surface area contributed by atoms with E-state index >= 15 is 0 Å². The van der Waals surface area contributed by atoms with E-state index in [9.17, 15) is 9.59 Å². The van der Waals surface area contributed by atoms with Crippen LogP contribution in [0.15, 0.2) is 52.4 Å². The molecule has 0 saturated heterocycles. The van der Waals surface area contributed by atoms with Crippen LogP contribution in [-0.4, -0.2) is 33.6 Å². The molecule has 2 aromatic carbocycles. The second-order valence-corrected chi connectivity index (χ2v) is 8.72. The summed E-state index contributed by atoms with van der Waals surface area (Å²) in [5, 5.41) is 13.9. The molecule has 0 bridgehead atoms. The van der Waals surface area contributed by atoms with E-state index in [-0.39, 0.29) is 11.5 Å². The van der Waals surface area contributed by atoms with Crippen molar-refractivity contribution in [2.24, 2.45) is 5.10 Å². The zero-order valence-electron chi connectivity index (χ0n) is 16.8. The number of carboxylic acid groups (broad SMARTS) is 1. The van der Waals surface area contributed by atoms with Crippen molar-refractivity contribution >= 4 is 45.7 Å². The topological polar surface area (TPSA) is 93.8 Å². The molecule has 4 rings (SSSR count). The third-order valence-corrected chi connectivity index (χ3v) is 6.22. The number of ether oxygens (including phenoxy) is 1. The van der Waals surface area contributed by atoms with Gasteiger partial charge in [-0.05, 0) is 71.3 Å². The molecule has 1 heterocycles. The molecular weight excluding hydrogens is 509 g/mol. The van der Waals surface area contributed by atoms with Gasteiger partial charge in [-0.2, -0.15) is 9.78 Å². The van der Waals surface area contributed by atoms with E-state index in [0.717, 1.165) is 40.6 Å². The van der Waals surface area contributed by atoms with Crippen molar-refractivity contribution in [3.63, 3.8) is 0 Å². The van der Waals surface area contributed by atoms with Crippen LogP contribution >= 0.6 is 22.6 Å². The van der Waals surface area contributed by atoms with E-state index in [0.29, 0.717) is 16.7 Å². The van der Waals surface area contributed by atoms with E-state index in [1.165, 1.54) is 11.1 Å². The summed E-state index contributed by atoms with van der Waals surface area (Å²) in [6, 6.07) is 12.7. The van der Waals surface area contributed by atoms with E-state index in [1.807, 2.05) is 24.3 Å². The third-order valence-electron chi connectivity index (χ3n) is 5.38. The van der Waals surface area contributed by atoms with Crippen LogP contribution in [-0.2, 0) is 4.79 Å². The Hall–Kier alpha value is -2.75. The van der Waals surface area contributed by atoms with Crippen LogP contribution in [0.4, 0.5) is 0 Å². The average Bonchev–Trinajstić information content (AvgIpc) is 2.78. The first-order valence-corrected chi connectivity index (χ1v) is 11.3. The second-order valence-electron chi connectivity index (χ2n) is 7.56. The Kier molecular flexibility index (Phi) is 6.64. The van der Waals surface area contributed by atoms with Crippen LogP contribution in [0.1, 0.15) is 49.4 Å². The van der Waals surface area contributed by atoms with Crippen molar-refractivity contribution in [3.8, 4) is 5.75 Å². The number of rotatable bonds is 6. The second kappa shape index (κ2) is 9.59. The molecule has 0 atom stereocenters. The highest BCUT2D eigenvalue weighted by Crippen LogP contribution is 2.31. The number of fused-ring (bicyclic) bond motifs is 1. The SMILES string of the molecule is O=C(O)COc1ccc(C=Nn2c(C3CCCCC3)nc3ccccc3c2=O)cc1I. The number of carboxylic acids is 1. The number of carbonyl (C=O) groups is 1. The summed E-state index contributed by atoms with van der Waals surface area (Å²) in [6.45, 7) is -0.396. The van der Waals surface area contributed by atoms with Crippen LogP contribution in [0.25, 0.3) is 10.9 Å². The maximum Gasteiger partial charge on any atom is 0.341 e. The molecule has 0 spiro atoms. The molecule has 1 aliphatic carbocycles. The minimum atomic E-state index is -1.03. The quantitative estimate of drug-likeness (QED) is 0.376. The summed E-state index contributed by atoms with van der Waals surface area (Å²) in [7, 11) is 0. The first-order chi connectivity index (χ1) is 15.0. The first-order valence-electron chi connectivity index (χ1n) is 10.2. The summed E-state index contributed by atoms with van der Waals surface area (Å²) in [6.07, 6.45) is 7.13. The zero-order chi connectivity index (χ0) is 21.8. The van der Waals surface area contributed by atoms with E-state index in [2.05, 4.69) is 27.7 Å². The summed E-state index contributed by atoms with van der Waals surface area (Å²) < 4.78 is 7.47. The predicted octanol–water partition coefficient (Wildman–Crippen LogP) is 4.39. The smallest absolute Gasteiger partial charge is 0.341 e. The van der Waals surface area contributed by atoms with Gasteiger partial charge in [-0.25, -0.2) is 9.78 Å². The number of aliphatic carboxylic acids is 1. The highest BCUT2D eigenvalue weighted by atomic mass is 127. The van der Waals surface area contributed by atoms with Crippen molar-refractivity contribution in [2.45, 2.75) is 38.0 Å². The van der Waals surface area contributed by atoms with E-state index in [4.69, 9.17) is 14.8 Å². The fourth-order valence-corrected chi connectivity index (χ4v) is 4.55. The van der Waals surface area contributed by atoms with Crippen LogP contribution in [0.3, 0.4) is 0 Å². The van der Waals surface area contributed by atoms with Crippen molar-refractivity contribution in [2.75, 3.05) is 6.61 Å². The van der Waals surface area contributed by atoms with Crippen molar-refractivity contribution in [1.82, 2.24) is 9.66 Å². The normalized spacial score (nSPS) is 14.9. The lowest BCUT2D eigenvalue weighted by Crippen LogP contribution is -2.25. The Balaban J connectivity index is 1.70. The summed E-state index contributed by atoms with van der Waals surface area (Å²) in [5.74, 6) is 0.401. The number of para-hydroxylation sites is 1. The number of benzene rings is 2. The van der Waals surface area contributed by atoms with Crippen molar-refractivity contribution in [3.05, 3.63) is 67.8 Å². The molecule has 31 heavy (non-hydrogen) atoms. The molecule has 1 saturated carbocycles. The molecule has 160 valence electrons. The van der Waals surface area contributed by atoms with Gasteiger partial charge in [0, 0.05) is 5.92 Å². The maximum absolute atomic E-state index is 13.2. The van der Waals surface area contributed by atoms with Crippen LogP contribution < -0.4 is 10.3 Å². The third kappa shape index (κ3) is 4.95. The minimum absolute atomic E-state index is 0.168. The standard InChI is InChI=1S/C23H22IN3O4/c24-18-12-15(10-11-20(18)31-14-21(28)29)13-25-27-22(16-6-2-1-3-7-16)26-19-9-5-4-8-17(19)23(27)30/h4-5,8-13,16H,1-3,6-7,14H2,(H,28,29). The monoisotopic (exact) mass is 531 g/mol. The number of hydrogen-bond donors (Lipinski definition) is 1. The lowest BCUT2D eigenvalue weighted by molar-refractivity contribution is -0.139. The van der Waals surface area contributed by atoms with E-state index in [1.54, 1.807) is 24.4 Å². The Morgan fingerprint density at radius 3 is 2.74 bits per heavy atom. The number of aromatic nitrogens is 2. The minimum Gasteiger partial charge on any atom is -0.481 e. The highest BCUT2D eigenvalue weighted by Gasteiger charge is 2.22. The molecule has 0 radical (unpaired) electrons. The lowest BCUT2D eigenvalue weighted by atomic mass is 9.88. The summed E-state index contributed by atoms with van der Waals surface area (Å²) in [4.78, 5) is 28.7. The average molecular weight is 531 g/mol. The molecular formula is C23H22IN3O4. The van der Waals surface area contributed by atoms with Gasteiger partial charge in [0.1, 0.15) is 11.6 Å². The number of nitrogens with zero attached hydrogens (tertiary/aromatic N) is 3. The Morgan fingerprint density at radius 1 is 1.23 bits per heavy atom. The molecule has 7 nitrogen and oxygen atoms in total. The Bertz CT molecular complexity index is 1200. The fourth-order valence-electron chi connectivity index (χ4n) is 3.86. The summed E-state index contributed by atoms with van der Waals surface area (Å²) >= 11 is 2.09. The molecule has 0 aliphatic heterocycles. The molecule has 1 N–H and O–H groups in total. The highest BCUT2D eigenvalue weighted by molar-refractivity contribution is 14.1. The molecule has 8 heteroatoms. The summed E-state index contributed by atoms with van der Waals surface area (Å²) in [5.41, 5.74) is 1.31. The molecule has 1 aliphatic rings. The Labute approximate surface area is 192 Å². The van der Waals surface area contributed by atoms with Crippen LogP contribution in [0.2, 0.25) is 0 Å². The van der Waals surface area contributed by atoms with Gasteiger partial charge in [-0.15, -0.1) is 0 Å². The van der Waals surface area contributed by atoms with Gasteiger partial charge in [0.2, 0.25) is 0 Å². The van der Waals surface area contributed by atoms with Crippen LogP contribution in [0, 0.1) is 3.57 Å².